The Labute approximate surface area is 105 Å². The lowest BCUT2D eigenvalue weighted by Crippen LogP contribution is -2.22. The molecule has 1 unspecified atom stereocenters. The van der Waals surface area contributed by atoms with Crippen molar-refractivity contribution in [1.29, 1.82) is 0 Å². The zero-order valence-electron chi connectivity index (χ0n) is 10.5. The maximum Gasteiger partial charge on any atom is 0.342 e. The molecule has 0 saturated heterocycles. The summed E-state index contributed by atoms with van der Waals surface area (Å²) in [6.07, 6.45) is 0. The highest BCUT2D eigenvalue weighted by molar-refractivity contribution is 5.95. The van der Waals surface area contributed by atoms with Crippen molar-refractivity contribution in [3.63, 3.8) is 0 Å². The second kappa shape index (κ2) is 5.48. The monoisotopic (exact) mass is 252 g/mol. The lowest BCUT2D eigenvalue weighted by Gasteiger charge is -2.19. The van der Waals surface area contributed by atoms with Crippen LogP contribution in [0.1, 0.15) is 31.1 Å². The van der Waals surface area contributed by atoms with E-state index < -0.39 is 16.6 Å². The summed E-state index contributed by atoms with van der Waals surface area (Å²) in [7, 11) is 0. The molecule has 0 heterocycles. The topological polar surface area (TPSA) is 92.5 Å². The van der Waals surface area contributed by atoms with Crippen LogP contribution >= 0.6 is 0 Å². The molecule has 1 atom stereocenters. The van der Waals surface area contributed by atoms with E-state index in [2.05, 4.69) is 5.32 Å². The average molecular weight is 252 g/mol. The van der Waals surface area contributed by atoms with Crippen LogP contribution in [0.5, 0.6) is 0 Å². The van der Waals surface area contributed by atoms with Crippen molar-refractivity contribution in [2.75, 3.05) is 5.32 Å². The largest absolute Gasteiger partial charge is 0.477 e. The number of benzene rings is 1. The molecular formula is C12H16N2O4. The normalized spacial score (nSPS) is 12.2. The molecule has 0 saturated carbocycles. The van der Waals surface area contributed by atoms with Crippen molar-refractivity contribution in [3.05, 3.63) is 33.9 Å². The van der Waals surface area contributed by atoms with Gasteiger partial charge in [-0.05, 0) is 25.0 Å². The van der Waals surface area contributed by atoms with Gasteiger partial charge in [-0.1, -0.05) is 19.9 Å². The van der Waals surface area contributed by atoms with Crippen molar-refractivity contribution in [2.45, 2.75) is 26.8 Å². The van der Waals surface area contributed by atoms with Gasteiger partial charge in [-0.15, -0.1) is 0 Å². The van der Waals surface area contributed by atoms with Crippen molar-refractivity contribution >= 4 is 17.3 Å². The number of carboxylic acids is 1. The molecule has 6 heteroatoms. The summed E-state index contributed by atoms with van der Waals surface area (Å²) in [6.45, 7) is 5.84. The van der Waals surface area contributed by atoms with Crippen LogP contribution in [-0.4, -0.2) is 22.0 Å². The van der Waals surface area contributed by atoms with Crippen LogP contribution in [0.15, 0.2) is 18.2 Å². The van der Waals surface area contributed by atoms with Crippen LogP contribution in [0, 0.1) is 16.0 Å². The molecule has 1 aromatic rings. The van der Waals surface area contributed by atoms with E-state index in [1.807, 2.05) is 20.8 Å². The molecule has 6 nitrogen and oxygen atoms in total. The predicted molar refractivity (Wildman–Crippen MR) is 68.0 cm³/mol. The maximum atomic E-state index is 11.0. The first kappa shape index (κ1) is 14.0. The van der Waals surface area contributed by atoms with Gasteiger partial charge >= 0.3 is 11.7 Å². The molecule has 0 amide bonds. The van der Waals surface area contributed by atoms with E-state index in [9.17, 15) is 14.9 Å². The highest BCUT2D eigenvalue weighted by Crippen LogP contribution is 2.29. The quantitative estimate of drug-likeness (QED) is 0.620. The smallest absolute Gasteiger partial charge is 0.342 e. The van der Waals surface area contributed by atoms with Gasteiger partial charge in [-0.3, -0.25) is 10.1 Å². The Balaban J connectivity index is 3.23. The molecule has 98 valence electrons. The van der Waals surface area contributed by atoms with Gasteiger partial charge in [0.15, 0.2) is 0 Å². The van der Waals surface area contributed by atoms with Gasteiger partial charge in [0.05, 0.1) is 4.92 Å². The fraction of sp³-hybridized carbons (Fsp3) is 0.417. The molecule has 0 aromatic heterocycles. The molecule has 0 radical (unpaired) electrons. The summed E-state index contributed by atoms with van der Waals surface area (Å²) in [4.78, 5) is 21.3. The highest BCUT2D eigenvalue weighted by Gasteiger charge is 2.25. The summed E-state index contributed by atoms with van der Waals surface area (Å²) in [6, 6.07) is 4.24. The third-order valence-electron chi connectivity index (χ3n) is 2.83. The van der Waals surface area contributed by atoms with Gasteiger partial charge in [0.2, 0.25) is 0 Å². The minimum Gasteiger partial charge on any atom is -0.477 e. The van der Waals surface area contributed by atoms with Crippen molar-refractivity contribution in [3.8, 4) is 0 Å². The van der Waals surface area contributed by atoms with Gasteiger partial charge in [0, 0.05) is 6.04 Å². The first-order valence-electron chi connectivity index (χ1n) is 5.61. The van der Waals surface area contributed by atoms with Crippen LogP contribution < -0.4 is 5.32 Å². The number of aromatic carboxylic acids is 1. The van der Waals surface area contributed by atoms with Gasteiger partial charge in [-0.2, -0.15) is 0 Å². The molecule has 0 aliphatic heterocycles. The Kier molecular flexibility index (Phi) is 4.25. The summed E-state index contributed by atoms with van der Waals surface area (Å²) < 4.78 is 0. The summed E-state index contributed by atoms with van der Waals surface area (Å²) in [5.41, 5.74) is -0.459. The van der Waals surface area contributed by atoms with E-state index in [1.54, 1.807) is 0 Å². The second-order valence-corrected chi connectivity index (χ2v) is 4.44. The van der Waals surface area contributed by atoms with Crippen molar-refractivity contribution in [2.24, 2.45) is 5.92 Å². The number of carbonyl (C=O) groups is 1. The fourth-order valence-corrected chi connectivity index (χ4v) is 1.44. The number of hydrogen-bond acceptors (Lipinski definition) is 4. The summed E-state index contributed by atoms with van der Waals surface area (Å²) in [5, 5.41) is 22.9. The Hall–Kier alpha value is -2.11. The molecular weight excluding hydrogens is 236 g/mol. The van der Waals surface area contributed by atoms with E-state index in [-0.39, 0.29) is 23.2 Å². The molecule has 0 aliphatic rings. The minimum atomic E-state index is -1.30. The van der Waals surface area contributed by atoms with E-state index >= 15 is 0 Å². The number of para-hydroxylation sites is 1. The lowest BCUT2D eigenvalue weighted by molar-refractivity contribution is -0.384. The predicted octanol–water partition coefficient (Wildman–Crippen LogP) is 2.75. The van der Waals surface area contributed by atoms with Gasteiger partial charge in [-0.25, -0.2) is 4.79 Å². The first-order valence-corrected chi connectivity index (χ1v) is 5.61. The average Bonchev–Trinajstić information content (AvgIpc) is 2.27. The van der Waals surface area contributed by atoms with E-state index in [4.69, 9.17) is 5.11 Å². The number of nitrogens with one attached hydrogen (secondary N) is 1. The zero-order valence-corrected chi connectivity index (χ0v) is 10.5. The third-order valence-corrected chi connectivity index (χ3v) is 2.83. The number of carboxylic acid groups (broad SMARTS) is 1. The molecule has 0 aliphatic carbocycles. The van der Waals surface area contributed by atoms with Crippen LogP contribution in [-0.2, 0) is 0 Å². The van der Waals surface area contributed by atoms with Crippen LogP contribution in [0.2, 0.25) is 0 Å². The standard InChI is InChI=1S/C12H16N2O4/c1-7(2)8(3)13-10-6-4-5-9(12(15)16)11(10)14(17)18/h4-8,13H,1-3H3,(H,15,16). The first-order chi connectivity index (χ1) is 8.34. The maximum absolute atomic E-state index is 11.0. The van der Waals surface area contributed by atoms with E-state index in [0.29, 0.717) is 0 Å². The Morgan fingerprint density at radius 2 is 2.00 bits per heavy atom. The second-order valence-electron chi connectivity index (χ2n) is 4.44. The van der Waals surface area contributed by atoms with Crippen molar-refractivity contribution < 1.29 is 14.8 Å². The van der Waals surface area contributed by atoms with E-state index in [0.717, 1.165) is 0 Å². The molecule has 2 N–H and O–H groups in total. The Bertz CT molecular complexity index is 471. The van der Waals surface area contributed by atoms with Gasteiger partial charge in [0.1, 0.15) is 11.3 Å². The molecule has 1 aromatic carbocycles. The zero-order chi connectivity index (χ0) is 13.9. The number of anilines is 1. The SMILES string of the molecule is CC(C)C(C)Nc1cccc(C(=O)O)c1[N+](=O)[O-]. The van der Waals surface area contributed by atoms with Crippen molar-refractivity contribution in [1.82, 2.24) is 0 Å². The number of rotatable bonds is 5. The molecule has 0 spiro atoms. The number of nitro groups is 1. The minimum absolute atomic E-state index is 0.00717. The van der Waals surface area contributed by atoms with E-state index in [1.165, 1.54) is 18.2 Å². The summed E-state index contributed by atoms with van der Waals surface area (Å²) >= 11 is 0. The number of nitrogens with zero attached hydrogens (tertiary/aromatic N) is 1. The summed E-state index contributed by atoms with van der Waals surface area (Å²) in [5.74, 6) is -1.03. The number of hydrogen-bond donors (Lipinski definition) is 2. The third kappa shape index (κ3) is 2.97. The molecule has 0 bridgehead atoms. The fourth-order valence-electron chi connectivity index (χ4n) is 1.44. The van der Waals surface area contributed by atoms with Gasteiger partial charge < -0.3 is 10.4 Å². The molecule has 1 rings (SSSR count). The molecule has 18 heavy (non-hydrogen) atoms. The Morgan fingerprint density at radius 1 is 1.39 bits per heavy atom. The Morgan fingerprint density at radius 3 is 2.44 bits per heavy atom. The van der Waals surface area contributed by atoms with Crippen LogP contribution in [0.4, 0.5) is 11.4 Å². The highest BCUT2D eigenvalue weighted by atomic mass is 16.6. The van der Waals surface area contributed by atoms with Crippen LogP contribution in [0.3, 0.4) is 0 Å². The van der Waals surface area contributed by atoms with Gasteiger partial charge in [0.25, 0.3) is 0 Å². The number of nitro benzene ring substituents is 1. The van der Waals surface area contributed by atoms with Crippen LogP contribution in [0.25, 0.3) is 0 Å². The molecule has 0 fully saturated rings. The lowest BCUT2D eigenvalue weighted by atomic mass is 10.1.